The van der Waals surface area contributed by atoms with Crippen molar-refractivity contribution in [3.8, 4) is 0 Å². The van der Waals surface area contributed by atoms with E-state index in [0.717, 1.165) is 13.0 Å². The van der Waals surface area contributed by atoms with Gasteiger partial charge >= 0.3 is 12.1 Å². The summed E-state index contributed by atoms with van der Waals surface area (Å²) in [5, 5.41) is 2.63. The van der Waals surface area contributed by atoms with Crippen molar-refractivity contribution in [1.29, 1.82) is 0 Å². The minimum atomic E-state index is -0.882. The van der Waals surface area contributed by atoms with Gasteiger partial charge in [-0.25, -0.2) is 9.59 Å². The molecule has 0 spiro atoms. The van der Waals surface area contributed by atoms with Crippen molar-refractivity contribution in [3.63, 3.8) is 0 Å². The van der Waals surface area contributed by atoms with Crippen LogP contribution in [0.3, 0.4) is 0 Å². The number of ether oxygens (including phenoxy) is 2. The molecule has 132 valence electrons. The summed E-state index contributed by atoms with van der Waals surface area (Å²) in [6.07, 6.45) is 0.0157. The molecule has 1 aliphatic heterocycles. The first-order chi connectivity index (χ1) is 11.2. The van der Waals surface area contributed by atoms with Crippen LogP contribution in [0.5, 0.6) is 0 Å². The second kappa shape index (κ2) is 7.66. The first-order valence-corrected chi connectivity index (χ1v) is 8.18. The van der Waals surface area contributed by atoms with Crippen molar-refractivity contribution in [2.75, 3.05) is 20.1 Å². The fourth-order valence-corrected chi connectivity index (χ4v) is 2.57. The number of carbonyl (C=O) groups excluding carboxylic acids is 2. The molecule has 1 amide bonds. The number of likely N-dealkylation sites (N-methyl/N-ethyl adjacent to an activating group) is 1. The van der Waals surface area contributed by atoms with Crippen LogP contribution in [0, 0.1) is 0 Å². The quantitative estimate of drug-likeness (QED) is 0.857. The predicted octanol–water partition coefficient (Wildman–Crippen LogP) is 2.50. The van der Waals surface area contributed by atoms with Gasteiger partial charge in [0.1, 0.15) is 11.7 Å². The number of benzene rings is 1. The van der Waals surface area contributed by atoms with Crippen molar-refractivity contribution in [3.05, 3.63) is 35.9 Å². The van der Waals surface area contributed by atoms with Crippen molar-refractivity contribution in [1.82, 2.24) is 10.2 Å². The summed E-state index contributed by atoms with van der Waals surface area (Å²) in [5.41, 5.74) is 0.0309. The molecule has 6 nitrogen and oxygen atoms in total. The zero-order valence-corrected chi connectivity index (χ0v) is 14.7. The van der Waals surface area contributed by atoms with Crippen LogP contribution < -0.4 is 5.32 Å². The van der Waals surface area contributed by atoms with Crippen LogP contribution in [-0.2, 0) is 14.3 Å². The van der Waals surface area contributed by atoms with E-state index in [2.05, 4.69) is 10.2 Å². The number of nitrogens with one attached hydrogen (secondary N) is 1. The molecule has 1 aromatic carbocycles. The van der Waals surface area contributed by atoms with Crippen molar-refractivity contribution in [2.24, 2.45) is 0 Å². The van der Waals surface area contributed by atoms with E-state index in [4.69, 9.17) is 9.47 Å². The van der Waals surface area contributed by atoms with Gasteiger partial charge in [0.15, 0.2) is 6.04 Å². The Hall–Kier alpha value is -2.08. The minimum Gasteiger partial charge on any atom is -0.459 e. The van der Waals surface area contributed by atoms with Crippen LogP contribution in [0.1, 0.15) is 38.8 Å². The monoisotopic (exact) mass is 334 g/mol. The second-order valence-corrected chi connectivity index (χ2v) is 7.10. The molecule has 0 radical (unpaired) electrons. The molecule has 1 saturated heterocycles. The average molecular weight is 334 g/mol. The van der Waals surface area contributed by atoms with Gasteiger partial charge in [0.2, 0.25) is 0 Å². The molecule has 0 aromatic heterocycles. The van der Waals surface area contributed by atoms with Crippen LogP contribution in [0.2, 0.25) is 0 Å². The summed E-state index contributed by atoms with van der Waals surface area (Å²) in [5.74, 6) is -0.465. The number of carbonyl (C=O) groups is 2. The maximum Gasteiger partial charge on any atom is 0.408 e. The molecule has 1 aliphatic rings. The number of nitrogens with zero attached hydrogens (tertiary/aromatic N) is 1. The summed E-state index contributed by atoms with van der Waals surface area (Å²) >= 11 is 0. The topological polar surface area (TPSA) is 67.9 Å². The predicted molar refractivity (Wildman–Crippen MR) is 90.5 cm³/mol. The molecule has 24 heavy (non-hydrogen) atoms. The Labute approximate surface area is 143 Å². The van der Waals surface area contributed by atoms with Crippen LogP contribution in [0.4, 0.5) is 4.79 Å². The Balaban J connectivity index is 2.08. The Kier molecular flexibility index (Phi) is 5.83. The highest BCUT2D eigenvalue weighted by Crippen LogP contribution is 2.19. The highest BCUT2D eigenvalue weighted by molar-refractivity contribution is 5.83. The van der Waals surface area contributed by atoms with Gasteiger partial charge in [0.05, 0.1) is 0 Å². The molecule has 0 bridgehead atoms. The molecule has 0 aliphatic carbocycles. The van der Waals surface area contributed by atoms with Crippen LogP contribution in [0.15, 0.2) is 30.3 Å². The van der Waals surface area contributed by atoms with E-state index in [9.17, 15) is 9.59 Å². The molecule has 2 atom stereocenters. The Morgan fingerprint density at radius 1 is 1.25 bits per heavy atom. The highest BCUT2D eigenvalue weighted by atomic mass is 16.6. The van der Waals surface area contributed by atoms with E-state index < -0.39 is 23.7 Å². The van der Waals surface area contributed by atoms with Crippen molar-refractivity contribution >= 4 is 12.1 Å². The molecule has 1 aromatic rings. The molecule has 0 saturated carbocycles. The summed E-state index contributed by atoms with van der Waals surface area (Å²) < 4.78 is 10.8. The Bertz CT molecular complexity index is 568. The number of amides is 1. The lowest BCUT2D eigenvalue weighted by atomic mass is 10.1. The number of esters is 1. The van der Waals surface area contributed by atoms with E-state index in [-0.39, 0.29) is 6.10 Å². The molecular formula is C18H26N2O4. The largest absolute Gasteiger partial charge is 0.459 e. The number of hydrogen-bond donors (Lipinski definition) is 1. The number of likely N-dealkylation sites (tertiary alicyclic amines) is 1. The summed E-state index contributed by atoms with van der Waals surface area (Å²) in [7, 11) is 1.99. The van der Waals surface area contributed by atoms with Gasteiger partial charge in [-0.2, -0.15) is 0 Å². The van der Waals surface area contributed by atoms with E-state index in [0.29, 0.717) is 12.1 Å². The molecule has 2 unspecified atom stereocenters. The fraction of sp³-hybridized carbons (Fsp3) is 0.556. The maximum absolute atomic E-state index is 12.6. The summed E-state index contributed by atoms with van der Waals surface area (Å²) in [6.45, 7) is 6.93. The van der Waals surface area contributed by atoms with Gasteiger partial charge in [-0.3, -0.25) is 0 Å². The lowest BCUT2D eigenvalue weighted by Crippen LogP contribution is -2.40. The van der Waals surface area contributed by atoms with E-state index >= 15 is 0 Å². The van der Waals surface area contributed by atoms with Crippen LogP contribution in [0.25, 0.3) is 0 Å². The molecule has 6 heteroatoms. The first kappa shape index (κ1) is 18.3. The van der Waals surface area contributed by atoms with Gasteiger partial charge in [0.25, 0.3) is 0 Å². The second-order valence-electron chi connectivity index (χ2n) is 7.10. The Morgan fingerprint density at radius 2 is 1.92 bits per heavy atom. The molecule has 1 N–H and O–H groups in total. The van der Waals surface area contributed by atoms with Crippen molar-refractivity contribution < 1.29 is 19.1 Å². The minimum absolute atomic E-state index is 0.144. The van der Waals surface area contributed by atoms with E-state index in [1.54, 1.807) is 32.9 Å². The standard InChI is InChI=1S/C18H26N2O4/c1-18(2,3)24-17(22)19-15(13-8-6-5-7-9-13)16(21)23-14-10-11-20(4)12-14/h5-9,14-15H,10-12H2,1-4H3,(H,19,22). The van der Waals surface area contributed by atoms with Gasteiger partial charge in [0, 0.05) is 13.1 Å². The van der Waals surface area contributed by atoms with Gasteiger partial charge < -0.3 is 19.7 Å². The van der Waals surface area contributed by atoms with E-state index in [1.807, 2.05) is 25.2 Å². The average Bonchev–Trinajstić information content (AvgIpc) is 2.89. The van der Waals surface area contributed by atoms with Gasteiger partial charge in [-0.1, -0.05) is 30.3 Å². The zero-order chi connectivity index (χ0) is 17.7. The number of rotatable bonds is 4. The molecule has 1 fully saturated rings. The lowest BCUT2D eigenvalue weighted by molar-refractivity contribution is -0.151. The fourth-order valence-electron chi connectivity index (χ4n) is 2.57. The molecular weight excluding hydrogens is 308 g/mol. The Morgan fingerprint density at radius 3 is 2.46 bits per heavy atom. The first-order valence-electron chi connectivity index (χ1n) is 8.18. The third-order valence-electron chi connectivity index (χ3n) is 3.66. The zero-order valence-electron chi connectivity index (χ0n) is 14.7. The van der Waals surface area contributed by atoms with Crippen molar-refractivity contribution in [2.45, 2.75) is 44.9 Å². The summed E-state index contributed by atoms with van der Waals surface area (Å²) in [6, 6.07) is 8.16. The van der Waals surface area contributed by atoms with Gasteiger partial charge in [-0.15, -0.1) is 0 Å². The van der Waals surface area contributed by atoms with Crippen LogP contribution in [-0.4, -0.2) is 48.8 Å². The van der Waals surface area contributed by atoms with Gasteiger partial charge in [-0.05, 0) is 39.8 Å². The molecule has 1 heterocycles. The lowest BCUT2D eigenvalue weighted by Gasteiger charge is -2.24. The summed E-state index contributed by atoms with van der Waals surface area (Å²) in [4.78, 5) is 26.8. The third kappa shape index (κ3) is 5.53. The maximum atomic E-state index is 12.6. The molecule has 2 rings (SSSR count). The van der Waals surface area contributed by atoms with E-state index in [1.165, 1.54) is 0 Å². The normalized spacial score (nSPS) is 19.6. The van der Waals surface area contributed by atoms with Crippen LogP contribution >= 0.6 is 0 Å². The number of hydrogen-bond acceptors (Lipinski definition) is 5. The highest BCUT2D eigenvalue weighted by Gasteiger charge is 2.30. The smallest absolute Gasteiger partial charge is 0.408 e. The SMILES string of the molecule is CN1CCC(OC(=O)C(NC(=O)OC(C)(C)C)c2ccccc2)C1. The number of alkyl carbamates (subject to hydrolysis) is 1. The third-order valence-corrected chi connectivity index (χ3v) is 3.66.